The lowest BCUT2D eigenvalue weighted by molar-refractivity contribution is -0.118. The summed E-state index contributed by atoms with van der Waals surface area (Å²) in [5.41, 5.74) is 1.41. The van der Waals surface area contributed by atoms with Crippen molar-refractivity contribution in [2.75, 3.05) is 44.8 Å². The Labute approximate surface area is 196 Å². The lowest BCUT2D eigenvalue weighted by atomic mass is 10.1. The largest absolute Gasteiger partial charge is 0.484 e. The van der Waals surface area contributed by atoms with Crippen molar-refractivity contribution < 1.29 is 32.2 Å². The summed E-state index contributed by atoms with van der Waals surface area (Å²) in [4.78, 5) is 26.2. The molecule has 1 aliphatic heterocycles. The number of ether oxygens (including phenoxy) is 3. The summed E-state index contributed by atoms with van der Waals surface area (Å²) in [6, 6.07) is 5.95. The van der Waals surface area contributed by atoms with Crippen LogP contribution in [0.1, 0.15) is 34.1 Å². The number of hydrogen-bond acceptors (Lipinski definition) is 8. The van der Waals surface area contributed by atoms with Gasteiger partial charge in [0.1, 0.15) is 10.8 Å². The van der Waals surface area contributed by atoms with E-state index in [9.17, 15) is 18.0 Å². The molecule has 1 aliphatic carbocycles. The lowest BCUT2D eigenvalue weighted by Gasteiger charge is -2.26. The normalized spacial score (nSPS) is 16.3. The topological polar surface area (TPSA) is 111 Å². The maximum atomic E-state index is 12.7. The van der Waals surface area contributed by atoms with Gasteiger partial charge in [0.25, 0.3) is 5.91 Å². The van der Waals surface area contributed by atoms with Gasteiger partial charge in [0.15, 0.2) is 6.61 Å². The van der Waals surface area contributed by atoms with E-state index in [0.29, 0.717) is 42.6 Å². The predicted octanol–water partition coefficient (Wildman–Crippen LogP) is 2.45. The minimum absolute atomic E-state index is 0.161. The van der Waals surface area contributed by atoms with E-state index in [1.165, 1.54) is 39.9 Å². The van der Waals surface area contributed by atoms with Crippen LogP contribution < -0.4 is 10.1 Å². The van der Waals surface area contributed by atoms with Crippen molar-refractivity contribution in [2.24, 2.45) is 0 Å². The summed E-state index contributed by atoms with van der Waals surface area (Å²) in [6.07, 6.45) is 2.67. The Hall–Kier alpha value is -2.47. The van der Waals surface area contributed by atoms with E-state index in [2.05, 4.69) is 5.32 Å². The number of esters is 1. The average molecular weight is 495 g/mol. The van der Waals surface area contributed by atoms with Gasteiger partial charge in [-0.1, -0.05) is 0 Å². The number of fused-ring (bicyclic) bond motifs is 1. The number of nitrogens with zero attached hydrogens (tertiary/aromatic N) is 1. The number of thiophene rings is 1. The number of morpholine rings is 1. The third kappa shape index (κ3) is 5.21. The molecule has 0 spiro atoms. The zero-order valence-corrected chi connectivity index (χ0v) is 19.9. The molecule has 2 aromatic rings. The Kier molecular flexibility index (Phi) is 7.32. The first-order valence-electron chi connectivity index (χ1n) is 10.8. The molecule has 1 N–H and O–H groups in total. The van der Waals surface area contributed by atoms with Gasteiger partial charge in [-0.15, -0.1) is 11.3 Å². The number of anilines is 1. The minimum Gasteiger partial charge on any atom is -0.484 e. The molecule has 33 heavy (non-hydrogen) atoms. The van der Waals surface area contributed by atoms with Crippen molar-refractivity contribution in [1.82, 2.24) is 4.31 Å². The monoisotopic (exact) mass is 494 g/mol. The van der Waals surface area contributed by atoms with Gasteiger partial charge >= 0.3 is 5.97 Å². The van der Waals surface area contributed by atoms with Crippen molar-refractivity contribution >= 4 is 38.2 Å². The highest BCUT2D eigenvalue weighted by molar-refractivity contribution is 7.89. The highest BCUT2D eigenvalue weighted by Crippen LogP contribution is 2.39. The van der Waals surface area contributed by atoms with Crippen molar-refractivity contribution in [3.8, 4) is 5.75 Å². The summed E-state index contributed by atoms with van der Waals surface area (Å²) < 4.78 is 42.7. The Morgan fingerprint density at radius 3 is 2.58 bits per heavy atom. The highest BCUT2D eigenvalue weighted by atomic mass is 32.2. The molecule has 9 nitrogen and oxygen atoms in total. The van der Waals surface area contributed by atoms with Crippen LogP contribution in [0, 0.1) is 0 Å². The summed E-state index contributed by atoms with van der Waals surface area (Å²) >= 11 is 1.40. The van der Waals surface area contributed by atoms with Gasteiger partial charge in [0, 0.05) is 18.0 Å². The number of sulfonamides is 1. The van der Waals surface area contributed by atoms with E-state index >= 15 is 0 Å². The second-order valence-corrected chi connectivity index (χ2v) is 10.6. The predicted molar refractivity (Wildman–Crippen MR) is 122 cm³/mol. The van der Waals surface area contributed by atoms with Crippen LogP contribution in [0.2, 0.25) is 0 Å². The maximum absolute atomic E-state index is 12.7. The highest BCUT2D eigenvalue weighted by Gasteiger charge is 2.29. The molecule has 178 valence electrons. The third-order valence-electron chi connectivity index (χ3n) is 5.46. The average Bonchev–Trinajstić information content (AvgIpc) is 3.39. The SMILES string of the molecule is CCOC(=O)c1c(NC(=O)COc2ccc(S(=O)(=O)N3CCOCC3)cc2)sc2c1CCC2. The Bertz CT molecular complexity index is 1120. The number of nitrogens with one attached hydrogen (secondary N) is 1. The molecule has 1 aromatic heterocycles. The molecule has 2 heterocycles. The van der Waals surface area contributed by atoms with E-state index in [1.807, 2.05) is 0 Å². The molecule has 0 radical (unpaired) electrons. The van der Waals surface area contributed by atoms with Crippen LogP contribution in [0.3, 0.4) is 0 Å². The van der Waals surface area contributed by atoms with Crippen LogP contribution in [-0.4, -0.2) is 64.1 Å². The van der Waals surface area contributed by atoms with Crippen LogP contribution >= 0.6 is 11.3 Å². The van der Waals surface area contributed by atoms with Gasteiger partial charge < -0.3 is 19.5 Å². The van der Waals surface area contributed by atoms with E-state index in [-0.39, 0.29) is 18.1 Å². The van der Waals surface area contributed by atoms with Crippen LogP contribution in [0.4, 0.5) is 5.00 Å². The number of rotatable bonds is 8. The Balaban J connectivity index is 1.37. The van der Waals surface area contributed by atoms with Gasteiger partial charge in [-0.05, 0) is 56.0 Å². The first-order valence-corrected chi connectivity index (χ1v) is 13.1. The molecule has 0 bridgehead atoms. The van der Waals surface area contributed by atoms with Crippen LogP contribution in [0.15, 0.2) is 29.2 Å². The van der Waals surface area contributed by atoms with Gasteiger partial charge in [-0.25, -0.2) is 13.2 Å². The molecule has 0 unspecified atom stereocenters. The van der Waals surface area contributed by atoms with E-state index in [1.54, 1.807) is 6.92 Å². The summed E-state index contributed by atoms with van der Waals surface area (Å²) in [7, 11) is -3.59. The third-order valence-corrected chi connectivity index (χ3v) is 8.58. The molecule has 11 heteroatoms. The first-order chi connectivity index (χ1) is 15.9. The fraction of sp³-hybridized carbons (Fsp3) is 0.455. The van der Waals surface area contributed by atoms with Crippen LogP contribution in [0.5, 0.6) is 5.75 Å². The number of carbonyl (C=O) groups is 2. The van der Waals surface area contributed by atoms with Crippen LogP contribution in [0.25, 0.3) is 0 Å². The van der Waals surface area contributed by atoms with Crippen LogP contribution in [-0.2, 0) is 37.1 Å². The number of amides is 1. The van der Waals surface area contributed by atoms with Crippen molar-refractivity contribution in [1.29, 1.82) is 0 Å². The first kappa shape index (κ1) is 23.7. The van der Waals surface area contributed by atoms with Crippen molar-refractivity contribution in [3.05, 3.63) is 40.3 Å². The van der Waals surface area contributed by atoms with Gasteiger partial charge in [0.2, 0.25) is 10.0 Å². The molecule has 0 saturated carbocycles. The fourth-order valence-corrected chi connectivity index (χ4v) is 6.57. The second-order valence-electron chi connectivity index (χ2n) is 7.61. The molecular formula is C22H26N2O7S2. The molecule has 1 amide bonds. The number of aryl methyl sites for hydroxylation is 1. The quantitative estimate of drug-likeness (QED) is 0.561. The molecule has 0 atom stereocenters. The van der Waals surface area contributed by atoms with Gasteiger partial charge in [0.05, 0.1) is 30.3 Å². The number of carbonyl (C=O) groups excluding carboxylic acids is 2. The zero-order valence-electron chi connectivity index (χ0n) is 18.3. The van der Waals surface area contributed by atoms with Gasteiger partial charge in [-0.2, -0.15) is 4.31 Å². The van der Waals surface area contributed by atoms with E-state index in [4.69, 9.17) is 14.2 Å². The maximum Gasteiger partial charge on any atom is 0.341 e. The van der Waals surface area contributed by atoms with Gasteiger partial charge in [-0.3, -0.25) is 4.79 Å². The smallest absolute Gasteiger partial charge is 0.341 e. The Morgan fingerprint density at radius 1 is 1.15 bits per heavy atom. The Morgan fingerprint density at radius 2 is 1.88 bits per heavy atom. The minimum atomic E-state index is -3.59. The standard InChI is InChI=1S/C22H26N2O7S2/c1-2-30-22(26)20-17-4-3-5-18(17)32-21(20)23-19(25)14-31-15-6-8-16(9-7-15)33(27,28)24-10-12-29-13-11-24/h6-9H,2-5,10-14H2,1H3,(H,23,25). The van der Waals surface area contributed by atoms with Crippen molar-refractivity contribution in [3.63, 3.8) is 0 Å². The molecule has 1 fully saturated rings. The second kappa shape index (κ2) is 10.2. The zero-order chi connectivity index (χ0) is 23.4. The summed E-state index contributed by atoms with van der Waals surface area (Å²) in [5.74, 6) is -0.471. The molecule has 4 rings (SSSR count). The molecular weight excluding hydrogens is 468 g/mol. The lowest BCUT2D eigenvalue weighted by Crippen LogP contribution is -2.40. The molecule has 2 aliphatic rings. The van der Waals surface area contributed by atoms with E-state index < -0.39 is 21.9 Å². The summed E-state index contributed by atoms with van der Waals surface area (Å²) in [5, 5.41) is 3.25. The van der Waals surface area contributed by atoms with Crippen molar-refractivity contribution in [2.45, 2.75) is 31.1 Å². The molecule has 1 saturated heterocycles. The summed E-state index contributed by atoms with van der Waals surface area (Å²) in [6.45, 7) is 3.12. The number of benzene rings is 1. The fourth-order valence-electron chi connectivity index (χ4n) is 3.87. The van der Waals surface area contributed by atoms with E-state index in [0.717, 1.165) is 29.7 Å². The number of hydrogen-bond donors (Lipinski definition) is 1. The molecule has 1 aromatic carbocycles.